The molecule has 21 heavy (non-hydrogen) atoms. The van der Waals surface area contributed by atoms with E-state index in [1.54, 1.807) is 6.92 Å². The first-order valence-corrected chi connectivity index (χ1v) is 8.24. The average molecular weight is 295 g/mol. The SMILES string of the molecule is CCC(CC)O[C@@H]1C=C(C)C[C@H](CC2CO2)[C@H]1NC(C)=O. The first kappa shape index (κ1) is 16.5. The zero-order valence-electron chi connectivity index (χ0n) is 13.7. The van der Waals surface area contributed by atoms with E-state index in [9.17, 15) is 4.79 Å². The minimum atomic E-state index is -0.0173. The van der Waals surface area contributed by atoms with Crippen molar-refractivity contribution in [2.75, 3.05) is 6.61 Å². The number of ether oxygens (including phenoxy) is 2. The molecule has 1 N–H and O–H groups in total. The molecule has 0 aromatic rings. The van der Waals surface area contributed by atoms with E-state index in [1.165, 1.54) is 5.57 Å². The summed E-state index contributed by atoms with van der Waals surface area (Å²) in [5.41, 5.74) is 1.36. The summed E-state index contributed by atoms with van der Waals surface area (Å²) in [4.78, 5) is 11.6. The molecule has 0 saturated carbocycles. The zero-order valence-corrected chi connectivity index (χ0v) is 13.7. The van der Waals surface area contributed by atoms with Gasteiger partial charge in [-0.1, -0.05) is 25.5 Å². The molecule has 4 atom stereocenters. The number of hydrogen-bond acceptors (Lipinski definition) is 3. The predicted molar refractivity (Wildman–Crippen MR) is 83.1 cm³/mol. The highest BCUT2D eigenvalue weighted by Gasteiger charge is 2.38. The summed E-state index contributed by atoms with van der Waals surface area (Å²) in [7, 11) is 0. The molecule has 1 saturated heterocycles. The fourth-order valence-corrected chi connectivity index (χ4v) is 3.29. The van der Waals surface area contributed by atoms with Gasteiger partial charge in [-0.15, -0.1) is 0 Å². The van der Waals surface area contributed by atoms with Gasteiger partial charge in [0.25, 0.3) is 0 Å². The molecule has 1 heterocycles. The van der Waals surface area contributed by atoms with Crippen LogP contribution in [0.3, 0.4) is 0 Å². The van der Waals surface area contributed by atoms with Gasteiger partial charge in [0.05, 0.1) is 31.0 Å². The summed E-state index contributed by atoms with van der Waals surface area (Å²) in [5.74, 6) is 0.429. The van der Waals surface area contributed by atoms with Crippen molar-refractivity contribution < 1.29 is 14.3 Å². The summed E-state index contributed by atoms with van der Waals surface area (Å²) in [6.45, 7) is 8.91. The van der Waals surface area contributed by atoms with Crippen molar-refractivity contribution in [3.8, 4) is 0 Å². The Labute approximate surface area is 128 Å². The molecule has 4 nitrogen and oxygen atoms in total. The highest BCUT2D eigenvalue weighted by atomic mass is 16.6. The van der Waals surface area contributed by atoms with Crippen LogP contribution in [0.25, 0.3) is 0 Å². The fourth-order valence-electron chi connectivity index (χ4n) is 3.29. The quantitative estimate of drug-likeness (QED) is 0.580. The number of carbonyl (C=O) groups is 1. The largest absolute Gasteiger partial charge is 0.373 e. The topological polar surface area (TPSA) is 50.9 Å². The van der Waals surface area contributed by atoms with Crippen molar-refractivity contribution in [3.05, 3.63) is 11.6 Å². The monoisotopic (exact) mass is 295 g/mol. The van der Waals surface area contributed by atoms with Gasteiger partial charge in [-0.3, -0.25) is 4.79 Å². The van der Waals surface area contributed by atoms with Gasteiger partial charge in [-0.05, 0) is 38.5 Å². The molecule has 1 aliphatic carbocycles. The number of amides is 1. The standard InChI is InChI=1S/C17H29NO3/c1-5-14(6-2)21-16-8-11(3)7-13(9-15-10-20-15)17(16)18-12(4)19/h8,13-17H,5-7,9-10H2,1-4H3,(H,18,19)/t13-,15?,16-,17-/m1/s1. The zero-order chi connectivity index (χ0) is 15.4. The fraction of sp³-hybridized carbons (Fsp3) is 0.824. The van der Waals surface area contributed by atoms with E-state index in [2.05, 4.69) is 32.2 Å². The van der Waals surface area contributed by atoms with Gasteiger partial charge < -0.3 is 14.8 Å². The third kappa shape index (κ3) is 4.82. The third-order valence-electron chi connectivity index (χ3n) is 4.49. The lowest BCUT2D eigenvalue weighted by atomic mass is 9.80. The van der Waals surface area contributed by atoms with Crippen molar-refractivity contribution in [2.45, 2.75) is 77.7 Å². The van der Waals surface area contributed by atoms with Gasteiger partial charge in [-0.2, -0.15) is 0 Å². The molecular formula is C17H29NO3. The van der Waals surface area contributed by atoms with Crippen LogP contribution < -0.4 is 5.32 Å². The van der Waals surface area contributed by atoms with Gasteiger partial charge >= 0.3 is 0 Å². The highest BCUT2D eigenvalue weighted by molar-refractivity contribution is 5.73. The number of epoxide rings is 1. The third-order valence-corrected chi connectivity index (χ3v) is 4.49. The van der Waals surface area contributed by atoms with Gasteiger partial charge in [0.2, 0.25) is 5.91 Å². The first-order valence-electron chi connectivity index (χ1n) is 8.24. The smallest absolute Gasteiger partial charge is 0.217 e. The molecule has 2 aliphatic rings. The molecule has 120 valence electrons. The Bertz CT molecular complexity index is 385. The maximum atomic E-state index is 11.6. The van der Waals surface area contributed by atoms with Gasteiger partial charge in [0.15, 0.2) is 0 Å². The number of rotatable bonds is 7. The van der Waals surface area contributed by atoms with Crippen LogP contribution in [0.15, 0.2) is 11.6 Å². The molecule has 1 aliphatic heterocycles. The Morgan fingerprint density at radius 3 is 2.67 bits per heavy atom. The van der Waals surface area contributed by atoms with E-state index in [1.807, 2.05) is 0 Å². The van der Waals surface area contributed by atoms with Gasteiger partial charge in [-0.25, -0.2) is 0 Å². The molecule has 1 unspecified atom stereocenters. The second-order valence-corrected chi connectivity index (χ2v) is 6.43. The molecule has 0 aromatic heterocycles. The maximum Gasteiger partial charge on any atom is 0.217 e. The summed E-state index contributed by atoms with van der Waals surface area (Å²) >= 11 is 0. The molecule has 4 heteroatoms. The van der Waals surface area contributed by atoms with Gasteiger partial charge in [0.1, 0.15) is 0 Å². The van der Waals surface area contributed by atoms with Crippen LogP contribution >= 0.6 is 0 Å². The van der Waals surface area contributed by atoms with E-state index in [4.69, 9.17) is 9.47 Å². The van der Waals surface area contributed by atoms with Crippen LogP contribution in [0, 0.1) is 5.92 Å². The van der Waals surface area contributed by atoms with E-state index in [0.29, 0.717) is 12.0 Å². The van der Waals surface area contributed by atoms with Crippen LogP contribution in [0.5, 0.6) is 0 Å². The van der Waals surface area contributed by atoms with Crippen LogP contribution in [-0.4, -0.2) is 36.9 Å². The average Bonchev–Trinajstić information content (AvgIpc) is 3.23. The summed E-state index contributed by atoms with van der Waals surface area (Å²) in [6, 6.07) is 0.0657. The Morgan fingerprint density at radius 2 is 2.14 bits per heavy atom. The number of allylic oxidation sites excluding steroid dienone is 1. The second-order valence-electron chi connectivity index (χ2n) is 6.43. The summed E-state index contributed by atoms with van der Waals surface area (Å²) in [5, 5.41) is 3.13. The second kappa shape index (κ2) is 7.41. The molecule has 1 fully saturated rings. The molecule has 0 radical (unpaired) electrons. The van der Waals surface area contributed by atoms with Gasteiger partial charge in [0, 0.05) is 6.92 Å². The Balaban J connectivity index is 2.11. The molecule has 0 spiro atoms. The van der Waals surface area contributed by atoms with Crippen molar-refractivity contribution >= 4 is 5.91 Å². The maximum absolute atomic E-state index is 11.6. The highest BCUT2D eigenvalue weighted by Crippen LogP contribution is 2.33. The molecule has 1 amide bonds. The lowest BCUT2D eigenvalue weighted by Gasteiger charge is -2.38. The Kier molecular flexibility index (Phi) is 5.82. The molecule has 0 aromatic carbocycles. The number of nitrogens with one attached hydrogen (secondary N) is 1. The normalized spacial score (nSPS) is 32.0. The Morgan fingerprint density at radius 1 is 1.48 bits per heavy atom. The molecular weight excluding hydrogens is 266 g/mol. The first-order chi connectivity index (χ1) is 10.0. The predicted octanol–water partition coefficient (Wildman–Crippen LogP) is 2.82. The van der Waals surface area contributed by atoms with Crippen LogP contribution in [0.4, 0.5) is 0 Å². The number of carbonyl (C=O) groups excluding carboxylic acids is 1. The van der Waals surface area contributed by atoms with Crippen molar-refractivity contribution in [1.29, 1.82) is 0 Å². The van der Waals surface area contributed by atoms with E-state index in [0.717, 1.165) is 32.3 Å². The minimum Gasteiger partial charge on any atom is -0.373 e. The van der Waals surface area contributed by atoms with Crippen LogP contribution in [0.1, 0.15) is 53.4 Å². The van der Waals surface area contributed by atoms with E-state index in [-0.39, 0.29) is 24.2 Å². The van der Waals surface area contributed by atoms with E-state index >= 15 is 0 Å². The van der Waals surface area contributed by atoms with Crippen molar-refractivity contribution in [1.82, 2.24) is 5.32 Å². The van der Waals surface area contributed by atoms with Crippen LogP contribution in [-0.2, 0) is 14.3 Å². The lowest BCUT2D eigenvalue weighted by molar-refractivity contribution is -0.122. The number of hydrogen-bond donors (Lipinski definition) is 1. The van der Waals surface area contributed by atoms with Crippen molar-refractivity contribution in [3.63, 3.8) is 0 Å². The molecule has 0 bridgehead atoms. The Hall–Kier alpha value is -0.870. The van der Waals surface area contributed by atoms with Crippen LogP contribution in [0.2, 0.25) is 0 Å². The summed E-state index contributed by atoms with van der Waals surface area (Å²) in [6.07, 6.45) is 6.86. The van der Waals surface area contributed by atoms with E-state index < -0.39 is 0 Å². The molecule has 2 rings (SSSR count). The minimum absolute atomic E-state index is 0.0173. The summed E-state index contributed by atoms with van der Waals surface area (Å²) < 4.78 is 11.7. The lowest BCUT2D eigenvalue weighted by Crippen LogP contribution is -2.51. The van der Waals surface area contributed by atoms with Crippen molar-refractivity contribution in [2.24, 2.45) is 5.92 Å².